The van der Waals surface area contributed by atoms with E-state index in [1.54, 1.807) is 0 Å². The maximum absolute atomic E-state index is 13.4. The van der Waals surface area contributed by atoms with Gasteiger partial charge in [-0.1, -0.05) is 0 Å². The summed E-state index contributed by atoms with van der Waals surface area (Å²) in [4.78, 5) is 12.3. The van der Waals surface area contributed by atoms with Crippen LogP contribution < -0.4 is 8.43 Å². The maximum Gasteiger partial charge on any atom is 0.280 e. The number of aromatic amines is 2. The predicted molar refractivity (Wildman–Crippen MR) is 128 cm³/mol. The molecule has 0 aliphatic carbocycles. The molecular weight excluding hydrogens is 568 g/mol. The lowest BCUT2D eigenvalue weighted by Gasteiger charge is -2.19. The van der Waals surface area contributed by atoms with Crippen molar-refractivity contribution in [3.8, 4) is 0 Å². The number of imidazole rings is 2. The molecule has 4 aromatic rings. The molecule has 0 spiro atoms. The molecule has 0 aliphatic rings. The van der Waals surface area contributed by atoms with Gasteiger partial charge in [-0.2, -0.15) is 8.42 Å². The fourth-order valence-corrected chi connectivity index (χ4v) is 7.45. The quantitative estimate of drug-likeness (QED) is 0.262. The van der Waals surface area contributed by atoms with Crippen LogP contribution in [-0.2, 0) is 39.1 Å². The Bertz CT molecular complexity index is 1930. The average molecular weight is 583 g/mol. The zero-order chi connectivity index (χ0) is 26.0. The van der Waals surface area contributed by atoms with E-state index in [1.165, 1.54) is 12.1 Å². The van der Waals surface area contributed by atoms with Gasteiger partial charge in [0.05, 0.1) is 44.4 Å². The molecule has 4 rings (SSSR count). The minimum absolute atomic E-state index is 0.0195. The Balaban J connectivity index is 1.84. The van der Waals surface area contributed by atoms with Gasteiger partial charge in [0, 0.05) is 10.7 Å². The van der Waals surface area contributed by atoms with Gasteiger partial charge in [0.15, 0.2) is 0 Å². The van der Waals surface area contributed by atoms with Gasteiger partial charge >= 0.3 is 0 Å². The molecule has 35 heavy (non-hydrogen) atoms. The van der Waals surface area contributed by atoms with E-state index in [0.717, 1.165) is 30.5 Å². The van der Waals surface area contributed by atoms with Crippen LogP contribution in [0.1, 0.15) is 0 Å². The van der Waals surface area contributed by atoms with Crippen LogP contribution in [0, 0.1) is 0 Å². The van der Waals surface area contributed by atoms with Gasteiger partial charge in [0.2, 0.25) is 31.9 Å². The molecule has 19 heteroatoms. The van der Waals surface area contributed by atoms with Crippen LogP contribution in [0.15, 0.2) is 46.2 Å². The van der Waals surface area contributed by atoms with Gasteiger partial charge < -0.3 is 9.97 Å². The first-order valence-electron chi connectivity index (χ1n) is 9.13. The van der Waals surface area contributed by atoms with E-state index in [1.807, 2.05) is 0 Å². The van der Waals surface area contributed by atoms with Crippen LogP contribution in [0.4, 0.5) is 11.9 Å². The highest BCUT2D eigenvalue weighted by Gasteiger charge is 2.35. The molecule has 2 aromatic heterocycles. The largest absolute Gasteiger partial charge is 0.323 e. The van der Waals surface area contributed by atoms with Crippen molar-refractivity contribution in [2.24, 2.45) is 0 Å². The van der Waals surface area contributed by atoms with E-state index in [0.29, 0.717) is 6.26 Å². The molecule has 14 nitrogen and oxygen atoms in total. The molecule has 0 aliphatic heterocycles. The highest BCUT2D eigenvalue weighted by molar-refractivity contribution is 8.13. The maximum atomic E-state index is 13.4. The van der Waals surface area contributed by atoms with Gasteiger partial charge in [-0.05, 0) is 36.4 Å². The number of sulfonamides is 3. The summed E-state index contributed by atoms with van der Waals surface area (Å²) in [6, 6.07) is 6.84. The van der Waals surface area contributed by atoms with Crippen molar-refractivity contribution in [3.05, 3.63) is 36.4 Å². The van der Waals surface area contributed by atoms with Crippen molar-refractivity contribution in [2.45, 2.75) is 9.79 Å². The molecule has 2 heterocycles. The summed E-state index contributed by atoms with van der Waals surface area (Å²) in [5.74, 6) is -0.782. The van der Waals surface area contributed by atoms with Crippen molar-refractivity contribution in [1.29, 1.82) is 0 Å². The Morgan fingerprint density at radius 3 is 1.91 bits per heavy atom. The molecule has 188 valence electrons. The Morgan fingerprint density at radius 1 is 0.800 bits per heavy atom. The number of hydrogen-bond donors (Lipinski definition) is 3. The molecule has 0 atom stereocenters. The van der Waals surface area contributed by atoms with Crippen LogP contribution in [0.3, 0.4) is 0 Å². The normalized spacial score (nSPS) is 13.3. The first kappa shape index (κ1) is 25.2. The number of rotatable bonds is 7. The highest BCUT2D eigenvalue weighted by Crippen LogP contribution is 2.29. The molecule has 0 fully saturated rings. The fourth-order valence-electron chi connectivity index (χ4n) is 3.13. The van der Waals surface area contributed by atoms with E-state index in [4.69, 9.17) is 10.7 Å². The number of nitrogens with zero attached hydrogens (tertiary/aromatic N) is 3. The predicted octanol–water partition coefficient (Wildman–Crippen LogP) is 0.893. The van der Waals surface area contributed by atoms with E-state index in [-0.39, 0.29) is 36.6 Å². The molecular formula is C16H15ClN6O8S4. The summed E-state index contributed by atoms with van der Waals surface area (Å²) >= 11 is 0. The molecule has 0 unspecified atom stereocenters. The third kappa shape index (κ3) is 5.06. The lowest BCUT2D eigenvalue weighted by Crippen LogP contribution is -2.37. The van der Waals surface area contributed by atoms with Crippen LogP contribution >= 0.6 is 10.7 Å². The van der Waals surface area contributed by atoms with Crippen molar-refractivity contribution >= 4 is 83.8 Å². The summed E-state index contributed by atoms with van der Waals surface area (Å²) < 4.78 is 100. The first-order chi connectivity index (χ1) is 15.9. The Kier molecular flexibility index (Phi) is 5.79. The summed E-state index contributed by atoms with van der Waals surface area (Å²) in [5.41, 5.74) is 0.409. The van der Waals surface area contributed by atoms with Crippen molar-refractivity contribution in [1.82, 2.24) is 19.9 Å². The topological polar surface area (TPSA) is 209 Å². The fraction of sp³-hybridized carbons (Fsp3) is 0.125. The summed E-state index contributed by atoms with van der Waals surface area (Å²) in [6.07, 6.45) is 1.55. The van der Waals surface area contributed by atoms with E-state index < -0.39 is 50.0 Å². The van der Waals surface area contributed by atoms with E-state index >= 15 is 0 Å². The number of hydrogen-bond acceptors (Lipinski definition) is 10. The molecule has 0 amide bonds. The Morgan fingerprint density at radius 2 is 1.34 bits per heavy atom. The first-order valence-corrected chi connectivity index (χ1v) is 16.6. The second-order valence-corrected chi connectivity index (χ2v) is 15.4. The minimum atomic E-state index is -4.79. The molecule has 0 saturated heterocycles. The Labute approximate surface area is 203 Å². The molecule has 2 aromatic carbocycles. The van der Waals surface area contributed by atoms with E-state index in [9.17, 15) is 33.7 Å². The van der Waals surface area contributed by atoms with Crippen molar-refractivity contribution in [2.75, 3.05) is 20.9 Å². The highest BCUT2D eigenvalue weighted by atomic mass is 35.7. The van der Waals surface area contributed by atoms with Gasteiger partial charge in [-0.25, -0.2) is 35.2 Å². The SMILES string of the molecule is CS(=O)(=O)Nc1nc2ccc(S(=O)(=O)N(c3nc4ccc(S(=O)(=O)Cl)cc4[nH]3)S(C)(=O)=O)cc2[nH]1. The monoisotopic (exact) mass is 582 g/mol. The van der Waals surface area contributed by atoms with Crippen molar-refractivity contribution in [3.63, 3.8) is 0 Å². The van der Waals surface area contributed by atoms with Crippen molar-refractivity contribution < 1.29 is 33.7 Å². The minimum Gasteiger partial charge on any atom is -0.323 e. The van der Waals surface area contributed by atoms with Gasteiger partial charge in [0.25, 0.3) is 19.1 Å². The molecule has 0 bridgehead atoms. The number of H-pyrrole nitrogens is 2. The lowest BCUT2D eigenvalue weighted by molar-refractivity contribution is 0.586. The number of fused-ring (bicyclic) bond motifs is 2. The number of nitrogens with one attached hydrogen (secondary N) is 3. The number of halogens is 1. The zero-order valence-electron chi connectivity index (χ0n) is 17.6. The zero-order valence-corrected chi connectivity index (χ0v) is 21.6. The van der Waals surface area contributed by atoms with Crippen LogP contribution in [0.2, 0.25) is 0 Å². The second kappa shape index (κ2) is 8.05. The van der Waals surface area contributed by atoms with Crippen LogP contribution in [0.25, 0.3) is 22.1 Å². The average Bonchev–Trinajstić information content (AvgIpc) is 3.25. The number of benzene rings is 2. The number of anilines is 2. The third-order valence-corrected chi connectivity index (χ3v) is 10.00. The number of aromatic nitrogens is 4. The Hall–Kier alpha value is -2.93. The molecule has 0 saturated carbocycles. The standard InChI is InChI=1S/C16H15ClN6O8S4/c1-32(24,25)22-15-18-11-6-4-10(8-13(11)19-15)35(30,31)23(33(2,26)27)16-20-12-5-3-9(34(17,28)29)7-14(12)21-16/h3-8H,1-2H3,(H,20,21)(H2,18,19,22). The third-order valence-electron chi connectivity index (χ3n) is 4.45. The second-order valence-electron chi connectivity index (χ2n) is 7.28. The van der Waals surface area contributed by atoms with Crippen LogP contribution in [-0.4, -0.2) is 66.1 Å². The van der Waals surface area contributed by atoms with E-state index in [2.05, 4.69) is 24.7 Å². The van der Waals surface area contributed by atoms with Gasteiger partial charge in [-0.3, -0.25) is 4.72 Å². The summed E-state index contributed by atoms with van der Waals surface area (Å²) in [5, 5.41) is 0. The van der Waals surface area contributed by atoms with Gasteiger partial charge in [0.1, 0.15) is 0 Å². The van der Waals surface area contributed by atoms with Gasteiger partial charge in [-0.15, -0.1) is 3.71 Å². The summed E-state index contributed by atoms with van der Waals surface area (Å²) in [6.45, 7) is 0. The smallest absolute Gasteiger partial charge is 0.280 e. The lowest BCUT2D eigenvalue weighted by atomic mass is 10.3. The molecule has 0 radical (unpaired) electrons. The summed E-state index contributed by atoms with van der Waals surface area (Å²) in [7, 11) is -11.7. The molecule has 3 N–H and O–H groups in total. The van der Waals surface area contributed by atoms with Crippen LogP contribution in [0.5, 0.6) is 0 Å².